The second-order valence-electron chi connectivity index (χ2n) is 10.5. The Balaban J connectivity index is 1.51. The molecule has 3 aromatic rings. The summed E-state index contributed by atoms with van der Waals surface area (Å²) in [4.78, 5) is 34.7. The summed E-state index contributed by atoms with van der Waals surface area (Å²) in [5, 5.41) is 0.671. The van der Waals surface area contributed by atoms with E-state index in [-0.39, 0.29) is 18.3 Å². The summed E-state index contributed by atoms with van der Waals surface area (Å²) in [6, 6.07) is 25.6. The van der Waals surface area contributed by atoms with Crippen molar-refractivity contribution in [3.63, 3.8) is 0 Å². The Morgan fingerprint density at radius 3 is 2.20 bits per heavy atom. The zero-order chi connectivity index (χ0) is 28.2. The number of rotatable bonds is 8. The van der Waals surface area contributed by atoms with Crippen molar-refractivity contribution in [1.29, 1.82) is 0 Å². The molecule has 1 unspecified atom stereocenters. The molecule has 0 amide bonds. The number of hydrogen-bond donors (Lipinski definition) is 0. The molecule has 1 fully saturated rings. The monoisotopic (exact) mass is 554 g/mol. The van der Waals surface area contributed by atoms with Crippen LogP contribution in [-0.2, 0) is 20.9 Å². The van der Waals surface area contributed by atoms with E-state index in [4.69, 9.17) is 21.3 Å². The third kappa shape index (κ3) is 5.75. The summed E-state index contributed by atoms with van der Waals surface area (Å²) in [5.74, 6) is -1.23. The molecule has 0 spiro atoms. The van der Waals surface area contributed by atoms with E-state index in [2.05, 4.69) is 43.0 Å². The maximum atomic E-state index is 13.9. The second kappa shape index (κ2) is 12.2. The SMILES string of the molecule is CCN(CC)c1ccc([C@@H]2C(C(=O)OCc3ccccc3)=C(C)N=C3C[C@H](c4ccc(Cl)cc4)CC(=O)C32)cc1. The summed E-state index contributed by atoms with van der Waals surface area (Å²) in [6.45, 7) is 8.09. The number of nitrogens with zero attached hydrogens (tertiary/aromatic N) is 2. The number of Topliss-reactive ketones (excluding diaryl/α,β-unsaturated/α-hetero) is 1. The summed E-state index contributed by atoms with van der Waals surface area (Å²) in [7, 11) is 0. The lowest BCUT2D eigenvalue weighted by molar-refractivity contribution is -0.140. The summed E-state index contributed by atoms with van der Waals surface area (Å²) in [5.41, 5.74) is 5.96. The highest BCUT2D eigenvalue weighted by Crippen LogP contribution is 2.46. The van der Waals surface area contributed by atoms with E-state index in [1.807, 2.05) is 61.5 Å². The minimum Gasteiger partial charge on any atom is -0.457 e. The molecule has 1 saturated carbocycles. The largest absolute Gasteiger partial charge is 0.457 e. The molecule has 5 nitrogen and oxygen atoms in total. The first-order chi connectivity index (χ1) is 19.4. The van der Waals surface area contributed by atoms with Crippen molar-refractivity contribution in [2.75, 3.05) is 18.0 Å². The standard InChI is InChI=1S/C34H35ClN2O3/c1-4-37(5-2)28-17-13-25(14-18-28)32-31(34(39)40-21-23-9-7-6-8-10-23)22(3)36-29-19-26(20-30(38)33(29)32)24-11-15-27(35)16-12-24/h6-18,26,32-33H,4-5,19-21H2,1-3H3/t26-,32+,33?/m0/s1. The van der Waals surface area contributed by atoms with Gasteiger partial charge in [-0.2, -0.15) is 0 Å². The van der Waals surface area contributed by atoms with E-state index in [9.17, 15) is 9.59 Å². The molecular formula is C34H35ClN2O3. The lowest BCUT2D eigenvalue weighted by Gasteiger charge is -2.38. The first-order valence-electron chi connectivity index (χ1n) is 14.0. The Hall–Kier alpha value is -3.70. The molecule has 5 rings (SSSR count). The molecule has 40 heavy (non-hydrogen) atoms. The van der Waals surface area contributed by atoms with Gasteiger partial charge in [-0.3, -0.25) is 9.79 Å². The molecule has 0 N–H and O–H groups in total. The molecule has 1 aliphatic carbocycles. The number of hydrogen-bond acceptors (Lipinski definition) is 5. The van der Waals surface area contributed by atoms with Gasteiger partial charge in [0, 0.05) is 47.5 Å². The number of ketones is 1. The Kier molecular flexibility index (Phi) is 8.51. The molecule has 2 aliphatic rings. The maximum Gasteiger partial charge on any atom is 0.336 e. The Bertz CT molecular complexity index is 1420. The van der Waals surface area contributed by atoms with Gasteiger partial charge in [0.1, 0.15) is 12.4 Å². The van der Waals surface area contributed by atoms with Crippen LogP contribution in [0.25, 0.3) is 0 Å². The first-order valence-corrected chi connectivity index (χ1v) is 14.4. The van der Waals surface area contributed by atoms with Crippen LogP contribution in [0.1, 0.15) is 62.1 Å². The molecule has 0 bridgehead atoms. The van der Waals surface area contributed by atoms with E-state index >= 15 is 0 Å². The maximum absolute atomic E-state index is 13.9. The van der Waals surface area contributed by atoms with Crippen molar-refractivity contribution in [3.05, 3.63) is 112 Å². The van der Waals surface area contributed by atoms with Crippen molar-refractivity contribution in [1.82, 2.24) is 0 Å². The minimum atomic E-state index is -0.495. The van der Waals surface area contributed by atoms with Crippen LogP contribution in [0.2, 0.25) is 5.02 Å². The Labute approximate surface area is 241 Å². The van der Waals surface area contributed by atoms with Crippen molar-refractivity contribution < 1.29 is 14.3 Å². The summed E-state index contributed by atoms with van der Waals surface area (Å²) < 4.78 is 5.80. The van der Waals surface area contributed by atoms with Crippen molar-refractivity contribution in [2.24, 2.45) is 10.9 Å². The molecule has 0 radical (unpaired) electrons. The van der Waals surface area contributed by atoms with Gasteiger partial charge in [0.25, 0.3) is 0 Å². The number of aliphatic imine (C=N–C) groups is 1. The fourth-order valence-electron chi connectivity index (χ4n) is 6.05. The third-order valence-electron chi connectivity index (χ3n) is 8.11. The Morgan fingerprint density at radius 2 is 1.55 bits per heavy atom. The highest BCUT2D eigenvalue weighted by molar-refractivity contribution is 6.30. The van der Waals surface area contributed by atoms with E-state index in [0.717, 1.165) is 41.2 Å². The molecule has 0 saturated heterocycles. The number of carbonyl (C=O) groups is 2. The van der Waals surface area contributed by atoms with Crippen molar-refractivity contribution >= 4 is 34.8 Å². The van der Waals surface area contributed by atoms with Gasteiger partial charge >= 0.3 is 5.97 Å². The number of allylic oxidation sites excluding steroid dienone is 1. The van der Waals surface area contributed by atoms with Gasteiger partial charge in [-0.15, -0.1) is 0 Å². The quantitative estimate of drug-likeness (QED) is 0.270. The molecule has 1 aliphatic heterocycles. The number of benzene rings is 3. The van der Waals surface area contributed by atoms with Crippen LogP contribution in [0.5, 0.6) is 0 Å². The summed E-state index contributed by atoms with van der Waals surface area (Å²) >= 11 is 6.11. The second-order valence-corrected chi connectivity index (χ2v) is 10.9. The van der Waals surface area contributed by atoms with Crippen molar-refractivity contribution in [3.8, 4) is 0 Å². The normalized spacial score (nSPS) is 20.6. The number of ether oxygens (including phenoxy) is 1. The number of fused-ring (bicyclic) bond motifs is 1. The fraction of sp³-hybridized carbons (Fsp3) is 0.324. The van der Waals surface area contributed by atoms with Gasteiger partial charge in [0.2, 0.25) is 0 Å². The zero-order valence-electron chi connectivity index (χ0n) is 23.3. The predicted molar refractivity (Wildman–Crippen MR) is 161 cm³/mol. The van der Waals surface area contributed by atoms with Gasteiger partial charge in [0.15, 0.2) is 0 Å². The van der Waals surface area contributed by atoms with E-state index in [1.165, 1.54) is 0 Å². The minimum absolute atomic E-state index is 0.0323. The fourth-order valence-corrected chi connectivity index (χ4v) is 6.18. The average Bonchev–Trinajstić information content (AvgIpc) is 2.97. The van der Waals surface area contributed by atoms with Crippen LogP contribution < -0.4 is 4.90 Å². The molecule has 206 valence electrons. The third-order valence-corrected chi connectivity index (χ3v) is 8.36. The van der Waals surface area contributed by atoms with Crippen LogP contribution in [0.3, 0.4) is 0 Å². The van der Waals surface area contributed by atoms with Gasteiger partial charge in [-0.1, -0.05) is 66.2 Å². The zero-order valence-corrected chi connectivity index (χ0v) is 24.0. The molecule has 1 heterocycles. The smallest absolute Gasteiger partial charge is 0.336 e. The highest BCUT2D eigenvalue weighted by atomic mass is 35.5. The van der Waals surface area contributed by atoms with Crippen LogP contribution in [0, 0.1) is 5.92 Å². The van der Waals surface area contributed by atoms with Crippen LogP contribution in [-0.4, -0.2) is 30.6 Å². The Morgan fingerprint density at radius 1 is 0.900 bits per heavy atom. The van der Waals surface area contributed by atoms with Gasteiger partial charge in [-0.25, -0.2) is 4.79 Å². The van der Waals surface area contributed by atoms with E-state index in [1.54, 1.807) is 0 Å². The lowest BCUT2D eigenvalue weighted by Crippen LogP contribution is -2.41. The lowest BCUT2D eigenvalue weighted by atomic mass is 9.66. The molecule has 3 atom stereocenters. The summed E-state index contributed by atoms with van der Waals surface area (Å²) in [6.07, 6.45) is 1.06. The van der Waals surface area contributed by atoms with Crippen LogP contribution in [0.15, 0.2) is 95.1 Å². The topological polar surface area (TPSA) is 59.0 Å². The first kappa shape index (κ1) is 27.9. The average molecular weight is 555 g/mol. The molecule has 6 heteroatoms. The number of carbonyl (C=O) groups excluding carboxylic acids is 2. The van der Waals surface area contributed by atoms with Gasteiger partial charge in [0.05, 0.1) is 11.5 Å². The molecule has 0 aromatic heterocycles. The van der Waals surface area contributed by atoms with E-state index in [0.29, 0.717) is 29.1 Å². The van der Waals surface area contributed by atoms with Crippen LogP contribution in [0.4, 0.5) is 5.69 Å². The van der Waals surface area contributed by atoms with Crippen LogP contribution >= 0.6 is 11.6 Å². The van der Waals surface area contributed by atoms with E-state index < -0.39 is 17.8 Å². The number of esters is 1. The highest BCUT2D eigenvalue weighted by Gasteiger charge is 2.46. The van der Waals surface area contributed by atoms with Gasteiger partial charge in [-0.05, 0) is 74.1 Å². The van der Waals surface area contributed by atoms with Gasteiger partial charge < -0.3 is 9.64 Å². The molecule has 3 aromatic carbocycles. The predicted octanol–water partition coefficient (Wildman–Crippen LogP) is 7.50. The van der Waals surface area contributed by atoms with Crippen molar-refractivity contribution in [2.45, 2.75) is 52.1 Å². The number of anilines is 1. The molecular weight excluding hydrogens is 520 g/mol. The number of halogens is 1.